The first kappa shape index (κ1) is 18.3. The van der Waals surface area contributed by atoms with Crippen LogP contribution in [0.5, 0.6) is 0 Å². The third-order valence-electron chi connectivity index (χ3n) is 5.78. The summed E-state index contributed by atoms with van der Waals surface area (Å²) in [5.74, 6) is -0.171. The number of aromatic nitrogens is 3. The molecule has 2 aliphatic rings. The molecule has 1 fully saturated rings. The van der Waals surface area contributed by atoms with Gasteiger partial charge in [0.05, 0.1) is 6.04 Å². The molecule has 1 aliphatic carbocycles. The minimum absolute atomic E-state index is 0.0141. The second-order valence-electron chi connectivity index (χ2n) is 7.73. The highest BCUT2D eigenvalue weighted by atomic mass is 32.1. The fourth-order valence-electron chi connectivity index (χ4n) is 4.27. The van der Waals surface area contributed by atoms with E-state index in [1.165, 1.54) is 39.8 Å². The highest BCUT2D eigenvalue weighted by Gasteiger charge is 2.24. The summed E-state index contributed by atoms with van der Waals surface area (Å²) in [5.41, 5.74) is 2.74. The number of thiazole rings is 1. The van der Waals surface area contributed by atoms with Gasteiger partial charge in [-0.05, 0) is 43.2 Å². The first-order chi connectivity index (χ1) is 14.2. The van der Waals surface area contributed by atoms with Gasteiger partial charge in [0.2, 0.25) is 5.91 Å². The SMILES string of the molecule is O=C(Cn1cnc2nc(N3CCCCC3)sc2c1=O)N[C@H]1CCc2ccccc21. The molecule has 0 bridgehead atoms. The molecule has 1 aromatic carbocycles. The van der Waals surface area contributed by atoms with E-state index in [0.29, 0.717) is 10.3 Å². The van der Waals surface area contributed by atoms with E-state index in [2.05, 4.69) is 32.3 Å². The molecule has 1 atom stereocenters. The summed E-state index contributed by atoms with van der Waals surface area (Å²) in [4.78, 5) is 36.6. The molecular weight excluding hydrogens is 386 g/mol. The third-order valence-corrected chi connectivity index (χ3v) is 6.87. The summed E-state index contributed by atoms with van der Waals surface area (Å²) in [6, 6.07) is 8.20. The Balaban J connectivity index is 1.33. The average Bonchev–Trinajstić information content (AvgIpc) is 3.36. The smallest absolute Gasteiger partial charge is 0.273 e. The number of hydrogen-bond acceptors (Lipinski definition) is 6. The number of rotatable bonds is 4. The van der Waals surface area contributed by atoms with Crippen LogP contribution in [0.1, 0.15) is 42.9 Å². The molecular formula is C21H23N5O2S. The molecule has 0 radical (unpaired) electrons. The normalized spacial score (nSPS) is 18.8. The Morgan fingerprint density at radius 2 is 2.03 bits per heavy atom. The molecule has 1 aliphatic heterocycles. The molecule has 0 spiro atoms. The number of aryl methyl sites for hydroxylation is 1. The van der Waals surface area contributed by atoms with E-state index in [9.17, 15) is 9.59 Å². The van der Waals surface area contributed by atoms with Crippen molar-refractivity contribution in [2.45, 2.75) is 44.7 Å². The number of fused-ring (bicyclic) bond motifs is 2. The lowest BCUT2D eigenvalue weighted by Gasteiger charge is -2.25. The molecule has 3 aromatic rings. The van der Waals surface area contributed by atoms with Gasteiger partial charge in [0.25, 0.3) is 5.56 Å². The lowest BCUT2D eigenvalue weighted by Crippen LogP contribution is -2.34. The predicted octanol–water partition coefficient (Wildman–Crippen LogP) is 2.65. The van der Waals surface area contributed by atoms with Crippen molar-refractivity contribution >= 4 is 32.7 Å². The van der Waals surface area contributed by atoms with Crippen LogP contribution in [0.3, 0.4) is 0 Å². The van der Waals surface area contributed by atoms with E-state index in [-0.39, 0.29) is 24.1 Å². The number of carbonyl (C=O) groups is 1. The number of benzene rings is 1. The molecule has 1 N–H and O–H groups in total. The van der Waals surface area contributed by atoms with Crippen molar-refractivity contribution < 1.29 is 4.79 Å². The van der Waals surface area contributed by atoms with Crippen LogP contribution in [-0.4, -0.2) is 33.5 Å². The summed E-state index contributed by atoms with van der Waals surface area (Å²) in [7, 11) is 0. The highest BCUT2D eigenvalue weighted by molar-refractivity contribution is 7.22. The van der Waals surface area contributed by atoms with E-state index in [1.807, 2.05) is 12.1 Å². The van der Waals surface area contributed by atoms with Gasteiger partial charge >= 0.3 is 0 Å². The van der Waals surface area contributed by atoms with Crippen molar-refractivity contribution in [3.05, 3.63) is 52.1 Å². The van der Waals surface area contributed by atoms with E-state index < -0.39 is 0 Å². The highest BCUT2D eigenvalue weighted by Crippen LogP contribution is 2.30. The topological polar surface area (TPSA) is 80.1 Å². The summed E-state index contributed by atoms with van der Waals surface area (Å²) in [6.45, 7) is 1.91. The Labute approximate surface area is 172 Å². The van der Waals surface area contributed by atoms with E-state index in [4.69, 9.17) is 0 Å². The van der Waals surface area contributed by atoms with Crippen LogP contribution in [0.4, 0.5) is 5.13 Å². The second-order valence-corrected chi connectivity index (χ2v) is 8.71. The molecule has 7 nitrogen and oxygen atoms in total. The van der Waals surface area contributed by atoms with Gasteiger partial charge in [-0.15, -0.1) is 0 Å². The molecule has 0 saturated carbocycles. The van der Waals surface area contributed by atoms with Crippen LogP contribution in [-0.2, 0) is 17.8 Å². The molecule has 3 heterocycles. The summed E-state index contributed by atoms with van der Waals surface area (Å²) in [6.07, 6.45) is 6.84. The minimum atomic E-state index is -0.197. The number of nitrogens with one attached hydrogen (secondary N) is 1. The Bertz CT molecular complexity index is 1120. The van der Waals surface area contributed by atoms with Crippen LogP contribution in [0.15, 0.2) is 35.4 Å². The Hall–Kier alpha value is -2.74. The van der Waals surface area contributed by atoms with Crippen LogP contribution in [0.25, 0.3) is 10.3 Å². The fourth-order valence-corrected chi connectivity index (χ4v) is 5.29. The van der Waals surface area contributed by atoms with Crippen LogP contribution < -0.4 is 15.8 Å². The van der Waals surface area contributed by atoms with Crippen LogP contribution in [0.2, 0.25) is 0 Å². The first-order valence-corrected chi connectivity index (χ1v) is 11.0. The van der Waals surface area contributed by atoms with Gasteiger partial charge < -0.3 is 10.2 Å². The molecule has 1 saturated heterocycles. The number of hydrogen-bond donors (Lipinski definition) is 1. The van der Waals surface area contributed by atoms with Crippen molar-refractivity contribution in [1.29, 1.82) is 0 Å². The zero-order valence-electron chi connectivity index (χ0n) is 16.1. The minimum Gasteiger partial charge on any atom is -0.348 e. The van der Waals surface area contributed by atoms with Gasteiger partial charge in [-0.3, -0.25) is 14.2 Å². The van der Waals surface area contributed by atoms with Gasteiger partial charge in [0.15, 0.2) is 10.8 Å². The summed E-state index contributed by atoms with van der Waals surface area (Å²) < 4.78 is 1.91. The van der Waals surface area contributed by atoms with Crippen molar-refractivity contribution in [3.8, 4) is 0 Å². The maximum Gasteiger partial charge on any atom is 0.273 e. The lowest BCUT2D eigenvalue weighted by molar-refractivity contribution is -0.122. The number of amides is 1. The first-order valence-electron chi connectivity index (χ1n) is 10.2. The maximum absolute atomic E-state index is 12.9. The maximum atomic E-state index is 12.9. The van der Waals surface area contributed by atoms with Crippen molar-refractivity contribution in [2.24, 2.45) is 0 Å². The molecule has 5 rings (SSSR count). The Morgan fingerprint density at radius 3 is 2.90 bits per heavy atom. The summed E-state index contributed by atoms with van der Waals surface area (Å²) in [5, 5.41) is 3.92. The Morgan fingerprint density at radius 1 is 1.21 bits per heavy atom. The van der Waals surface area contributed by atoms with Crippen molar-refractivity contribution in [1.82, 2.24) is 19.9 Å². The van der Waals surface area contributed by atoms with Crippen LogP contribution in [0, 0.1) is 0 Å². The second kappa shape index (κ2) is 7.59. The number of nitrogens with zero attached hydrogens (tertiary/aromatic N) is 4. The van der Waals surface area contributed by atoms with Gasteiger partial charge in [0, 0.05) is 13.1 Å². The standard InChI is InChI=1S/C21H23N5O2S/c27-17(23-16-9-8-14-6-2-3-7-15(14)16)12-26-13-22-19-18(20(26)28)29-21(24-19)25-10-4-1-5-11-25/h2-3,6-7,13,16H,1,4-5,8-12H2,(H,23,27)/t16-/m0/s1. The average molecular weight is 410 g/mol. The molecule has 29 heavy (non-hydrogen) atoms. The lowest BCUT2D eigenvalue weighted by atomic mass is 10.1. The molecule has 8 heteroatoms. The fraction of sp³-hybridized carbons (Fsp3) is 0.429. The number of carbonyl (C=O) groups excluding carboxylic acids is 1. The van der Waals surface area contributed by atoms with Crippen LogP contribution >= 0.6 is 11.3 Å². The number of piperidine rings is 1. The van der Waals surface area contributed by atoms with E-state index in [1.54, 1.807) is 0 Å². The van der Waals surface area contributed by atoms with Gasteiger partial charge in [-0.25, -0.2) is 4.98 Å². The van der Waals surface area contributed by atoms with Gasteiger partial charge in [-0.1, -0.05) is 35.6 Å². The van der Waals surface area contributed by atoms with Crippen molar-refractivity contribution in [2.75, 3.05) is 18.0 Å². The van der Waals surface area contributed by atoms with E-state index >= 15 is 0 Å². The molecule has 0 unspecified atom stereocenters. The zero-order valence-corrected chi connectivity index (χ0v) is 17.0. The van der Waals surface area contributed by atoms with Crippen molar-refractivity contribution in [3.63, 3.8) is 0 Å². The number of anilines is 1. The summed E-state index contributed by atoms with van der Waals surface area (Å²) >= 11 is 1.38. The molecule has 150 valence electrons. The van der Waals surface area contributed by atoms with E-state index in [0.717, 1.165) is 43.9 Å². The Kier molecular flexibility index (Phi) is 4.79. The van der Waals surface area contributed by atoms with Gasteiger partial charge in [0.1, 0.15) is 17.6 Å². The predicted molar refractivity (Wildman–Crippen MR) is 113 cm³/mol. The zero-order chi connectivity index (χ0) is 19.8. The van der Waals surface area contributed by atoms with Gasteiger partial charge in [-0.2, -0.15) is 4.98 Å². The molecule has 1 amide bonds. The third kappa shape index (κ3) is 3.53. The monoisotopic (exact) mass is 409 g/mol. The molecule has 2 aromatic heterocycles. The largest absolute Gasteiger partial charge is 0.348 e. The quantitative estimate of drug-likeness (QED) is 0.717.